The number of fused-ring (bicyclic) bond motifs is 1. The van der Waals surface area contributed by atoms with E-state index >= 15 is 0 Å². The van der Waals surface area contributed by atoms with Crippen molar-refractivity contribution in [3.63, 3.8) is 0 Å². The molecular weight excluding hydrogens is 294 g/mol. The summed E-state index contributed by atoms with van der Waals surface area (Å²) in [7, 11) is 0. The molecule has 3 aromatic rings. The van der Waals surface area contributed by atoms with Crippen LogP contribution in [-0.4, -0.2) is 10.7 Å². The number of aldehydes is 1. The first kappa shape index (κ1) is 15.2. The molecule has 1 fully saturated rings. The lowest BCUT2D eigenvalue weighted by Crippen LogP contribution is -2.04. The third-order valence-electron chi connectivity index (χ3n) is 5.47. The average Bonchev–Trinajstić information content (AvgIpc) is 3.03. The molecule has 4 rings (SSSR count). The lowest BCUT2D eigenvalue weighted by Gasteiger charge is -2.22. The molecule has 0 unspecified atom stereocenters. The summed E-state index contributed by atoms with van der Waals surface area (Å²) in [5, 5.41) is 0. The van der Waals surface area contributed by atoms with E-state index in [-0.39, 0.29) is 0 Å². The number of nitrogens with zero attached hydrogens (tertiary/aromatic N) is 1. The predicted molar refractivity (Wildman–Crippen MR) is 98.8 cm³/mol. The predicted octanol–water partition coefficient (Wildman–Crippen LogP) is 5.77. The van der Waals surface area contributed by atoms with Crippen LogP contribution in [0.4, 0.5) is 0 Å². The van der Waals surface area contributed by atoms with Crippen LogP contribution in [0.1, 0.15) is 59.6 Å². The molecule has 2 aromatic heterocycles. The third-order valence-corrected chi connectivity index (χ3v) is 5.47. The summed E-state index contributed by atoms with van der Waals surface area (Å²) >= 11 is 0. The largest absolute Gasteiger partial charge is 0.313 e. The summed E-state index contributed by atoms with van der Waals surface area (Å²) < 4.78 is 1.99. The van der Waals surface area contributed by atoms with Crippen molar-refractivity contribution in [2.45, 2.75) is 44.9 Å². The van der Waals surface area contributed by atoms with Gasteiger partial charge in [0, 0.05) is 17.3 Å². The highest BCUT2D eigenvalue weighted by Crippen LogP contribution is 2.34. The Hall–Kier alpha value is -2.35. The summed E-state index contributed by atoms with van der Waals surface area (Å²) in [4.78, 5) is 11.7. The number of benzene rings is 1. The van der Waals surface area contributed by atoms with Crippen molar-refractivity contribution in [1.82, 2.24) is 4.40 Å². The smallest absolute Gasteiger partial charge is 0.167 e. The van der Waals surface area contributed by atoms with Crippen LogP contribution in [-0.2, 0) is 0 Å². The van der Waals surface area contributed by atoms with Crippen molar-refractivity contribution < 1.29 is 4.79 Å². The molecule has 0 aliphatic heterocycles. The van der Waals surface area contributed by atoms with E-state index in [1.807, 2.05) is 16.7 Å². The van der Waals surface area contributed by atoms with E-state index in [0.717, 1.165) is 28.6 Å². The van der Waals surface area contributed by atoms with Crippen LogP contribution in [0.3, 0.4) is 0 Å². The van der Waals surface area contributed by atoms with Crippen LogP contribution in [0.25, 0.3) is 16.6 Å². The fourth-order valence-electron chi connectivity index (χ4n) is 4.09. The van der Waals surface area contributed by atoms with Crippen molar-refractivity contribution in [3.8, 4) is 11.1 Å². The molecule has 0 radical (unpaired) electrons. The fourth-order valence-corrected chi connectivity index (χ4v) is 4.09. The zero-order valence-corrected chi connectivity index (χ0v) is 14.2. The first-order valence-corrected chi connectivity index (χ1v) is 8.94. The van der Waals surface area contributed by atoms with E-state index in [9.17, 15) is 4.79 Å². The molecule has 0 bridgehead atoms. The fraction of sp³-hybridized carbons (Fsp3) is 0.318. The van der Waals surface area contributed by atoms with Gasteiger partial charge in [0.2, 0.25) is 0 Å². The quantitative estimate of drug-likeness (QED) is 0.561. The standard InChI is InChI=1S/C22H23NO/c1-16-6-5-13-23-21(16)14-20(22(23)15-24)19-11-9-18(10-12-19)17-7-3-2-4-8-17/h5-6,9-15,17H,2-4,7-8H2,1H3. The highest BCUT2D eigenvalue weighted by Gasteiger charge is 2.16. The second-order valence-corrected chi connectivity index (χ2v) is 6.96. The minimum atomic E-state index is 0.716. The molecule has 0 N–H and O–H groups in total. The summed E-state index contributed by atoms with van der Waals surface area (Å²) in [6, 6.07) is 15.1. The van der Waals surface area contributed by atoms with Crippen molar-refractivity contribution >= 4 is 11.8 Å². The van der Waals surface area contributed by atoms with E-state index in [1.165, 1.54) is 43.2 Å². The molecule has 0 amide bonds. The molecular formula is C22H23NO. The molecule has 1 aliphatic carbocycles. The Bertz CT molecular complexity index is 867. The Kier molecular flexibility index (Phi) is 3.97. The number of pyridine rings is 1. The van der Waals surface area contributed by atoms with Gasteiger partial charge in [0.05, 0.1) is 5.69 Å². The topological polar surface area (TPSA) is 21.5 Å². The number of aryl methyl sites for hydroxylation is 1. The number of hydrogen-bond acceptors (Lipinski definition) is 1. The Balaban J connectivity index is 1.74. The minimum absolute atomic E-state index is 0.716. The molecule has 2 heteroatoms. The molecule has 1 saturated carbocycles. The van der Waals surface area contributed by atoms with Crippen LogP contribution >= 0.6 is 0 Å². The van der Waals surface area contributed by atoms with Gasteiger partial charge in [-0.15, -0.1) is 0 Å². The van der Waals surface area contributed by atoms with E-state index in [4.69, 9.17) is 0 Å². The van der Waals surface area contributed by atoms with E-state index in [1.54, 1.807) is 0 Å². The molecule has 24 heavy (non-hydrogen) atoms. The number of aromatic nitrogens is 1. The molecule has 2 heterocycles. The van der Waals surface area contributed by atoms with Crippen molar-refractivity contribution in [2.75, 3.05) is 0 Å². The molecule has 0 saturated heterocycles. The average molecular weight is 317 g/mol. The van der Waals surface area contributed by atoms with Gasteiger partial charge in [-0.25, -0.2) is 0 Å². The van der Waals surface area contributed by atoms with E-state index < -0.39 is 0 Å². The lowest BCUT2D eigenvalue weighted by atomic mass is 9.84. The number of rotatable bonds is 3. The number of hydrogen-bond donors (Lipinski definition) is 0. The van der Waals surface area contributed by atoms with Crippen LogP contribution in [0, 0.1) is 6.92 Å². The Morgan fingerprint density at radius 3 is 2.50 bits per heavy atom. The molecule has 1 aliphatic rings. The van der Waals surface area contributed by atoms with Crippen molar-refractivity contribution in [3.05, 3.63) is 65.5 Å². The van der Waals surface area contributed by atoms with Gasteiger partial charge < -0.3 is 4.40 Å². The SMILES string of the molecule is Cc1cccn2c(C=O)c(-c3ccc(C4CCCCC4)cc3)cc12. The van der Waals surface area contributed by atoms with Gasteiger partial charge in [0.1, 0.15) is 0 Å². The van der Waals surface area contributed by atoms with E-state index in [0.29, 0.717) is 5.92 Å². The third kappa shape index (κ3) is 2.56. The van der Waals surface area contributed by atoms with Gasteiger partial charge in [-0.3, -0.25) is 4.79 Å². The van der Waals surface area contributed by atoms with Crippen LogP contribution in [0.15, 0.2) is 48.7 Å². The molecule has 122 valence electrons. The zero-order valence-electron chi connectivity index (χ0n) is 14.2. The Morgan fingerprint density at radius 2 is 1.79 bits per heavy atom. The molecule has 0 spiro atoms. The second kappa shape index (κ2) is 6.27. The molecule has 2 nitrogen and oxygen atoms in total. The van der Waals surface area contributed by atoms with Crippen LogP contribution in [0.5, 0.6) is 0 Å². The normalized spacial score (nSPS) is 15.7. The Labute approximate surface area is 143 Å². The summed E-state index contributed by atoms with van der Waals surface area (Å²) in [5.74, 6) is 0.716. The maximum absolute atomic E-state index is 11.7. The van der Waals surface area contributed by atoms with Crippen molar-refractivity contribution in [2.24, 2.45) is 0 Å². The highest BCUT2D eigenvalue weighted by atomic mass is 16.1. The number of carbonyl (C=O) groups excluding carboxylic acids is 1. The first-order valence-electron chi connectivity index (χ1n) is 8.94. The summed E-state index contributed by atoms with van der Waals surface area (Å²) in [6.07, 6.45) is 9.65. The van der Waals surface area contributed by atoms with Gasteiger partial charge in [-0.1, -0.05) is 49.6 Å². The van der Waals surface area contributed by atoms with Crippen molar-refractivity contribution in [1.29, 1.82) is 0 Å². The van der Waals surface area contributed by atoms with Crippen LogP contribution < -0.4 is 0 Å². The Morgan fingerprint density at radius 1 is 1.04 bits per heavy atom. The van der Waals surface area contributed by atoms with Gasteiger partial charge in [-0.2, -0.15) is 0 Å². The minimum Gasteiger partial charge on any atom is -0.313 e. The zero-order chi connectivity index (χ0) is 16.5. The first-order chi connectivity index (χ1) is 11.8. The maximum atomic E-state index is 11.7. The molecule has 0 atom stereocenters. The van der Waals surface area contributed by atoms with Gasteiger partial charge >= 0.3 is 0 Å². The monoisotopic (exact) mass is 317 g/mol. The van der Waals surface area contributed by atoms with Gasteiger partial charge in [-0.05, 0) is 54.5 Å². The summed E-state index contributed by atoms with van der Waals surface area (Å²) in [6.45, 7) is 2.08. The second-order valence-electron chi connectivity index (χ2n) is 6.96. The van der Waals surface area contributed by atoms with Gasteiger partial charge in [0.25, 0.3) is 0 Å². The van der Waals surface area contributed by atoms with Crippen LogP contribution in [0.2, 0.25) is 0 Å². The highest BCUT2D eigenvalue weighted by molar-refractivity contribution is 5.90. The number of carbonyl (C=O) groups is 1. The van der Waals surface area contributed by atoms with E-state index in [2.05, 4.69) is 43.3 Å². The lowest BCUT2D eigenvalue weighted by molar-refractivity contribution is 0.111. The maximum Gasteiger partial charge on any atom is 0.167 e. The summed E-state index contributed by atoms with van der Waals surface area (Å²) in [5.41, 5.74) is 6.62. The molecule has 1 aromatic carbocycles. The van der Waals surface area contributed by atoms with Gasteiger partial charge in [0.15, 0.2) is 6.29 Å².